The van der Waals surface area contributed by atoms with E-state index in [0.717, 1.165) is 42.5 Å². The molecule has 0 saturated carbocycles. The molecule has 2 atom stereocenters. The second kappa shape index (κ2) is 10.1. The fourth-order valence-electron chi connectivity index (χ4n) is 3.52. The highest BCUT2D eigenvalue weighted by Gasteiger charge is 2.23. The lowest BCUT2D eigenvalue weighted by molar-refractivity contribution is -0.124. The molecule has 1 amide bonds. The monoisotopic (exact) mass is 404 g/mol. The summed E-state index contributed by atoms with van der Waals surface area (Å²) in [5.41, 5.74) is 3.29. The molecule has 0 bridgehead atoms. The van der Waals surface area contributed by atoms with E-state index in [1.807, 2.05) is 36.6 Å². The summed E-state index contributed by atoms with van der Waals surface area (Å²) in [6, 6.07) is 17.4. The third-order valence-electron chi connectivity index (χ3n) is 5.18. The van der Waals surface area contributed by atoms with E-state index in [1.54, 1.807) is 11.8 Å². The average Bonchev–Trinajstić information content (AvgIpc) is 2.79. The van der Waals surface area contributed by atoms with Crippen molar-refractivity contribution in [3.8, 4) is 23.3 Å². The van der Waals surface area contributed by atoms with Crippen LogP contribution in [0.1, 0.15) is 30.4 Å². The first-order valence-electron chi connectivity index (χ1n) is 9.75. The molecule has 0 aromatic heterocycles. The van der Waals surface area contributed by atoms with Crippen LogP contribution in [0.25, 0.3) is 11.1 Å². The maximum absolute atomic E-state index is 12.4. The van der Waals surface area contributed by atoms with Crippen molar-refractivity contribution in [3.05, 3.63) is 53.6 Å². The van der Waals surface area contributed by atoms with E-state index in [2.05, 4.69) is 34.9 Å². The van der Waals surface area contributed by atoms with Crippen LogP contribution in [0, 0.1) is 22.7 Å². The van der Waals surface area contributed by atoms with Gasteiger partial charge in [0.05, 0.1) is 23.7 Å². The van der Waals surface area contributed by atoms with Gasteiger partial charge in [0, 0.05) is 11.3 Å². The lowest BCUT2D eigenvalue weighted by Gasteiger charge is -2.24. The zero-order valence-electron chi connectivity index (χ0n) is 16.4. The third-order valence-corrected chi connectivity index (χ3v) is 5.92. The number of nitrogens with zero attached hydrogens (tertiary/aromatic N) is 2. The predicted octanol–water partition coefficient (Wildman–Crippen LogP) is 3.64. The van der Waals surface area contributed by atoms with Crippen LogP contribution in [-0.2, 0) is 11.2 Å². The summed E-state index contributed by atoms with van der Waals surface area (Å²) >= 11 is 1.69. The highest BCUT2D eigenvalue weighted by molar-refractivity contribution is 7.98. The summed E-state index contributed by atoms with van der Waals surface area (Å²) in [6.45, 7) is 0.827. The molecule has 1 fully saturated rings. The number of benzene rings is 2. The maximum atomic E-state index is 12.4. The van der Waals surface area contributed by atoms with Crippen LogP contribution in [0.5, 0.6) is 0 Å². The molecule has 0 aliphatic carbocycles. The maximum Gasteiger partial charge on any atom is 0.238 e. The van der Waals surface area contributed by atoms with Gasteiger partial charge in [-0.3, -0.25) is 4.79 Å². The molecule has 2 aromatic carbocycles. The summed E-state index contributed by atoms with van der Waals surface area (Å²) in [5, 5.41) is 25.1. The topological polar surface area (TPSA) is 88.7 Å². The number of carbonyl (C=O) groups is 1. The van der Waals surface area contributed by atoms with Crippen molar-refractivity contribution in [2.45, 2.75) is 42.7 Å². The number of thioether (sulfide) groups is 1. The number of amides is 1. The average molecular weight is 405 g/mol. The second-order valence-electron chi connectivity index (χ2n) is 7.11. The van der Waals surface area contributed by atoms with Gasteiger partial charge >= 0.3 is 0 Å². The SMILES string of the molecule is CSc1ccc(-c2ccc(C[C@@H](C#N)NC(=O)[C@@H]3CCCCN3)c(C#N)c2)cc1. The molecule has 1 aliphatic rings. The van der Waals surface area contributed by atoms with Crippen molar-refractivity contribution in [2.75, 3.05) is 12.8 Å². The molecule has 3 rings (SSSR count). The summed E-state index contributed by atoms with van der Waals surface area (Å²) in [5.74, 6) is -0.139. The first-order valence-corrected chi connectivity index (χ1v) is 11.0. The zero-order chi connectivity index (χ0) is 20.6. The van der Waals surface area contributed by atoms with Crippen LogP contribution in [0.4, 0.5) is 0 Å². The number of carbonyl (C=O) groups excluding carboxylic acids is 1. The van der Waals surface area contributed by atoms with Crippen molar-refractivity contribution in [3.63, 3.8) is 0 Å². The molecule has 148 valence electrons. The smallest absolute Gasteiger partial charge is 0.238 e. The van der Waals surface area contributed by atoms with Gasteiger partial charge in [0.2, 0.25) is 5.91 Å². The van der Waals surface area contributed by atoms with E-state index in [1.165, 1.54) is 4.90 Å². The van der Waals surface area contributed by atoms with E-state index in [9.17, 15) is 15.3 Å². The van der Waals surface area contributed by atoms with Gasteiger partial charge in [-0.15, -0.1) is 11.8 Å². The van der Waals surface area contributed by atoms with Crippen molar-refractivity contribution >= 4 is 17.7 Å². The minimum Gasteiger partial charge on any atom is -0.339 e. The first kappa shape index (κ1) is 20.9. The molecular weight excluding hydrogens is 380 g/mol. The Hall–Kier alpha value is -2.80. The summed E-state index contributed by atoms with van der Waals surface area (Å²) in [6.07, 6.45) is 5.22. The minimum absolute atomic E-state index is 0.139. The van der Waals surface area contributed by atoms with Crippen LogP contribution in [0.15, 0.2) is 47.4 Å². The number of hydrogen-bond donors (Lipinski definition) is 2. The van der Waals surface area contributed by atoms with E-state index >= 15 is 0 Å². The van der Waals surface area contributed by atoms with Gasteiger partial charge < -0.3 is 10.6 Å². The number of nitriles is 2. The van der Waals surface area contributed by atoms with E-state index in [0.29, 0.717) is 12.0 Å². The Morgan fingerprint density at radius 3 is 2.59 bits per heavy atom. The summed E-state index contributed by atoms with van der Waals surface area (Å²) < 4.78 is 0. The zero-order valence-corrected chi connectivity index (χ0v) is 17.3. The Labute approximate surface area is 176 Å². The van der Waals surface area contributed by atoms with Crippen LogP contribution >= 0.6 is 11.8 Å². The quantitative estimate of drug-likeness (QED) is 0.718. The predicted molar refractivity (Wildman–Crippen MR) is 115 cm³/mol. The molecule has 0 unspecified atom stereocenters. The molecule has 29 heavy (non-hydrogen) atoms. The van der Waals surface area contributed by atoms with Gasteiger partial charge in [-0.1, -0.05) is 30.7 Å². The van der Waals surface area contributed by atoms with Gasteiger partial charge in [0.25, 0.3) is 0 Å². The minimum atomic E-state index is -0.662. The Morgan fingerprint density at radius 2 is 1.97 bits per heavy atom. The Bertz CT molecular complexity index is 937. The lowest BCUT2D eigenvalue weighted by Crippen LogP contribution is -2.49. The number of hydrogen-bond acceptors (Lipinski definition) is 5. The molecule has 2 N–H and O–H groups in total. The number of rotatable bonds is 6. The normalized spacial score (nSPS) is 17.0. The van der Waals surface area contributed by atoms with Crippen molar-refractivity contribution < 1.29 is 4.79 Å². The molecule has 0 radical (unpaired) electrons. The molecule has 5 nitrogen and oxygen atoms in total. The fourth-order valence-corrected chi connectivity index (χ4v) is 3.93. The van der Waals surface area contributed by atoms with Gasteiger partial charge in [-0.05, 0) is 60.5 Å². The van der Waals surface area contributed by atoms with Crippen molar-refractivity contribution in [1.82, 2.24) is 10.6 Å². The molecular formula is C23H24N4OS. The molecule has 1 aliphatic heterocycles. The molecule has 0 spiro atoms. The van der Waals surface area contributed by atoms with Crippen LogP contribution in [0.2, 0.25) is 0 Å². The van der Waals surface area contributed by atoms with Gasteiger partial charge in [-0.2, -0.15) is 10.5 Å². The summed E-state index contributed by atoms with van der Waals surface area (Å²) in [7, 11) is 0. The number of piperidine rings is 1. The van der Waals surface area contributed by atoms with Crippen LogP contribution < -0.4 is 10.6 Å². The molecule has 1 heterocycles. The third kappa shape index (κ3) is 5.38. The van der Waals surface area contributed by atoms with Crippen molar-refractivity contribution in [1.29, 1.82) is 10.5 Å². The van der Waals surface area contributed by atoms with Crippen LogP contribution in [0.3, 0.4) is 0 Å². The van der Waals surface area contributed by atoms with Gasteiger partial charge in [-0.25, -0.2) is 0 Å². The van der Waals surface area contributed by atoms with E-state index in [4.69, 9.17) is 0 Å². The summed E-state index contributed by atoms with van der Waals surface area (Å²) in [4.78, 5) is 13.6. The molecule has 1 saturated heterocycles. The standard InChI is InChI=1S/C23H24N4OS/c1-29-21-9-7-16(8-10-21)17-5-6-18(19(12-17)14-24)13-20(15-25)27-23(28)22-4-2-3-11-26-22/h5-10,12,20,22,26H,2-4,11,13H2,1H3,(H,27,28)/t20-,22-/m0/s1. The van der Waals surface area contributed by atoms with Gasteiger partial charge in [0.1, 0.15) is 6.04 Å². The first-order chi connectivity index (χ1) is 14.1. The molecule has 6 heteroatoms. The fraction of sp³-hybridized carbons (Fsp3) is 0.348. The Kier molecular flexibility index (Phi) is 7.30. The largest absolute Gasteiger partial charge is 0.339 e. The lowest BCUT2D eigenvalue weighted by atomic mass is 9.96. The second-order valence-corrected chi connectivity index (χ2v) is 7.99. The number of nitrogens with one attached hydrogen (secondary N) is 2. The Morgan fingerprint density at radius 1 is 1.21 bits per heavy atom. The van der Waals surface area contributed by atoms with E-state index in [-0.39, 0.29) is 11.9 Å². The van der Waals surface area contributed by atoms with Gasteiger partial charge in [0.15, 0.2) is 0 Å². The van der Waals surface area contributed by atoms with Crippen LogP contribution in [-0.4, -0.2) is 30.8 Å². The molecule has 2 aromatic rings. The Balaban J connectivity index is 1.72. The highest BCUT2D eigenvalue weighted by atomic mass is 32.2. The van der Waals surface area contributed by atoms with Crippen molar-refractivity contribution in [2.24, 2.45) is 0 Å². The highest BCUT2D eigenvalue weighted by Crippen LogP contribution is 2.25. The van der Waals surface area contributed by atoms with E-state index < -0.39 is 6.04 Å².